The molecule has 0 bridgehead atoms. The van der Waals surface area contributed by atoms with E-state index in [0.29, 0.717) is 11.3 Å². The third kappa shape index (κ3) is 3.95. The number of hydrogen-bond acceptors (Lipinski definition) is 4. The van der Waals surface area contributed by atoms with E-state index >= 15 is 0 Å². The zero-order valence-corrected chi connectivity index (χ0v) is 11.9. The second kappa shape index (κ2) is 7.07. The Morgan fingerprint density at radius 3 is 2.68 bits per heavy atom. The van der Waals surface area contributed by atoms with E-state index in [1.165, 1.54) is 13.1 Å². The van der Waals surface area contributed by atoms with Gasteiger partial charge in [-0.25, -0.2) is 4.79 Å². The van der Waals surface area contributed by atoms with Crippen molar-refractivity contribution in [3.8, 4) is 0 Å². The Balaban J connectivity index is 1.89. The molecule has 0 saturated heterocycles. The van der Waals surface area contributed by atoms with E-state index in [1.807, 2.05) is 0 Å². The van der Waals surface area contributed by atoms with Crippen molar-refractivity contribution < 1.29 is 19.1 Å². The smallest absolute Gasteiger partial charge is 0.355 e. The first-order chi connectivity index (χ1) is 10.6. The van der Waals surface area contributed by atoms with Crippen molar-refractivity contribution in [2.24, 2.45) is 0 Å². The fraction of sp³-hybridized carbons (Fsp3) is 0.133. The van der Waals surface area contributed by atoms with Gasteiger partial charge in [0.1, 0.15) is 5.69 Å². The molecule has 0 atom stereocenters. The minimum absolute atomic E-state index is 0.255. The molecular weight excluding hydrogens is 286 g/mol. The fourth-order valence-corrected chi connectivity index (χ4v) is 1.75. The summed E-state index contributed by atoms with van der Waals surface area (Å²) in [5.74, 6) is -1.36. The Morgan fingerprint density at radius 1 is 1.18 bits per heavy atom. The lowest BCUT2D eigenvalue weighted by Crippen LogP contribution is -2.22. The van der Waals surface area contributed by atoms with Gasteiger partial charge in [0, 0.05) is 24.5 Å². The maximum Gasteiger partial charge on any atom is 0.355 e. The Morgan fingerprint density at radius 2 is 2.00 bits per heavy atom. The van der Waals surface area contributed by atoms with Gasteiger partial charge in [-0.05, 0) is 30.3 Å². The summed E-state index contributed by atoms with van der Waals surface area (Å²) in [6, 6.07) is 9.64. The number of aromatic nitrogens is 1. The van der Waals surface area contributed by atoms with Crippen LogP contribution in [0.4, 0.5) is 5.69 Å². The first kappa shape index (κ1) is 15.3. The second-order valence-corrected chi connectivity index (χ2v) is 4.37. The van der Waals surface area contributed by atoms with Crippen LogP contribution in [0, 0.1) is 0 Å². The molecule has 0 aliphatic heterocycles. The van der Waals surface area contributed by atoms with Crippen LogP contribution in [0.5, 0.6) is 0 Å². The molecule has 0 spiro atoms. The largest absolute Gasteiger partial charge is 0.451 e. The van der Waals surface area contributed by atoms with E-state index in [2.05, 4.69) is 15.6 Å². The van der Waals surface area contributed by atoms with E-state index in [4.69, 9.17) is 4.74 Å². The SMILES string of the molecule is CNC(=O)c1cccc(NC(=O)COC(=O)c2ccc[nH]2)c1. The third-order valence-electron chi connectivity index (χ3n) is 2.79. The molecule has 114 valence electrons. The number of esters is 1. The molecule has 0 unspecified atom stereocenters. The third-order valence-corrected chi connectivity index (χ3v) is 2.79. The van der Waals surface area contributed by atoms with Crippen molar-refractivity contribution >= 4 is 23.5 Å². The molecule has 2 rings (SSSR count). The number of carbonyl (C=O) groups is 3. The van der Waals surface area contributed by atoms with Crippen molar-refractivity contribution in [2.45, 2.75) is 0 Å². The summed E-state index contributed by atoms with van der Waals surface area (Å²) in [7, 11) is 1.52. The second-order valence-electron chi connectivity index (χ2n) is 4.37. The number of nitrogens with one attached hydrogen (secondary N) is 3. The minimum atomic E-state index is -0.612. The molecule has 1 heterocycles. The van der Waals surface area contributed by atoms with Gasteiger partial charge in [-0.1, -0.05) is 6.07 Å². The van der Waals surface area contributed by atoms with Crippen LogP contribution in [0.3, 0.4) is 0 Å². The van der Waals surface area contributed by atoms with Gasteiger partial charge in [0.05, 0.1) is 0 Å². The molecule has 0 saturated carbocycles. The summed E-state index contributed by atoms with van der Waals surface area (Å²) in [4.78, 5) is 37.5. The summed E-state index contributed by atoms with van der Waals surface area (Å²) in [6.07, 6.45) is 1.58. The Kier molecular flexibility index (Phi) is 4.92. The van der Waals surface area contributed by atoms with Crippen LogP contribution >= 0.6 is 0 Å². The van der Waals surface area contributed by atoms with Crippen LogP contribution in [-0.4, -0.2) is 36.4 Å². The van der Waals surface area contributed by atoms with Gasteiger partial charge in [-0.15, -0.1) is 0 Å². The van der Waals surface area contributed by atoms with Crippen molar-refractivity contribution in [3.63, 3.8) is 0 Å². The van der Waals surface area contributed by atoms with Crippen LogP contribution in [0.1, 0.15) is 20.8 Å². The van der Waals surface area contributed by atoms with Crippen molar-refractivity contribution in [1.82, 2.24) is 10.3 Å². The van der Waals surface area contributed by atoms with Crippen LogP contribution in [0.25, 0.3) is 0 Å². The number of H-pyrrole nitrogens is 1. The van der Waals surface area contributed by atoms with Crippen molar-refractivity contribution in [1.29, 1.82) is 0 Å². The number of benzene rings is 1. The first-order valence-corrected chi connectivity index (χ1v) is 6.52. The molecule has 0 aliphatic carbocycles. The van der Waals surface area contributed by atoms with Crippen LogP contribution in [-0.2, 0) is 9.53 Å². The van der Waals surface area contributed by atoms with E-state index in [0.717, 1.165) is 0 Å². The molecule has 7 nitrogen and oxygen atoms in total. The Bertz CT molecular complexity index is 680. The maximum absolute atomic E-state index is 11.7. The van der Waals surface area contributed by atoms with Crippen LogP contribution < -0.4 is 10.6 Å². The van der Waals surface area contributed by atoms with Gasteiger partial charge >= 0.3 is 5.97 Å². The quantitative estimate of drug-likeness (QED) is 0.722. The minimum Gasteiger partial charge on any atom is -0.451 e. The van der Waals surface area contributed by atoms with Gasteiger partial charge in [0.25, 0.3) is 11.8 Å². The molecule has 2 amide bonds. The van der Waals surface area contributed by atoms with Gasteiger partial charge in [0.15, 0.2) is 6.61 Å². The summed E-state index contributed by atoms with van der Waals surface area (Å²) >= 11 is 0. The Hall–Kier alpha value is -3.09. The number of anilines is 1. The molecule has 3 N–H and O–H groups in total. The number of amides is 2. The molecule has 7 heteroatoms. The van der Waals surface area contributed by atoms with Gasteiger partial charge in [-0.2, -0.15) is 0 Å². The molecule has 1 aromatic heterocycles. The Labute approximate surface area is 126 Å². The lowest BCUT2D eigenvalue weighted by molar-refractivity contribution is -0.119. The molecular formula is C15H15N3O4. The van der Waals surface area contributed by atoms with Crippen LogP contribution in [0.2, 0.25) is 0 Å². The average molecular weight is 301 g/mol. The molecule has 2 aromatic rings. The highest BCUT2D eigenvalue weighted by atomic mass is 16.5. The first-order valence-electron chi connectivity index (χ1n) is 6.52. The van der Waals surface area contributed by atoms with Crippen molar-refractivity contribution in [2.75, 3.05) is 19.0 Å². The fourth-order valence-electron chi connectivity index (χ4n) is 1.75. The highest BCUT2D eigenvalue weighted by Gasteiger charge is 2.11. The summed E-state index contributed by atoms with van der Waals surface area (Å²) in [5.41, 5.74) is 1.14. The molecule has 1 aromatic carbocycles. The van der Waals surface area contributed by atoms with Gasteiger partial charge < -0.3 is 20.4 Å². The van der Waals surface area contributed by atoms with Gasteiger partial charge in [-0.3, -0.25) is 9.59 Å². The standard InChI is InChI=1S/C15H15N3O4/c1-16-14(20)10-4-2-5-11(8-10)18-13(19)9-22-15(21)12-6-3-7-17-12/h2-8,17H,9H2,1H3,(H,16,20)(H,18,19). The monoisotopic (exact) mass is 301 g/mol. The van der Waals surface area contributed by atoms with Crippen LogP contribution in [0.15, 0.2) is 42.6 Å². The van der Waals surface area contributed by atoms with E-state index in [1.54, 1.807) is 36.5 Å². The number of carbonyl (C=O) groups excluding carboxylic acids is 3. The zero-order valence-electron chi connectivity index (χ0n) is 11.9. The summed E-state index contributed by atoms with van der Waals surface area (Å²) < 4.78 is 4.86. The predicted molar refractivity (Wildman–Crippen MR) is 79.5 cm³/mol. The molecule has 0 radical (unpaired) electrons. The van der Waals surface area contributed by atoms with E-state index < -0.39 is 18.5 Å². The lowest BCUT2D eigenvalue weighted by atomic mass is 10.2. The van der Waals surface area contributed by atoms with E-state index in [9.17, 15) is 14.4 Å². The highest BCUT2D eigenvalue weighted by Crippen LogP contribution is 2.10. The zero-order chi connectivity index (χ0) is 15.9. The predicted octanol–water partition coefficient (Wildman–Crippen LogP) is 1.17. The topological polar surface area (TPSA) is 100 Å². The molecule has 22 heavy (non-hydrogen) atoms. The average Bonchev–Trinajstić information content (AvgIpc) is 3.06. The highest BCUT2D eigenvalue weighted by molar-refractivity contribution is 5.98. The normalized spacial score (nSPS) is 9.86. The number of hydrogen-bond donors (Lipinski definition) is 3. The van der Waals surface area contributed by atoms with Crippen molar-refractivity contribution in [3.05, 3.63) is 53.9 Å². The lowest BCUT2D eigenvalue weighted by Gasteiger charge is -2.07. The molecule has 0 aliphatic rings. The summed E-state index contributed by atoms with van der Waals surface area (Å²) in [6.45, 7) is -0.415. The number of ether oxygens (including phenoxy) is 1. The molecule has 0 fully saturated rings. The number of aromatic amines is 1. The number of rotatable bonds is 5. The van der Waals surface area contributed by atoms with Gasteiger partial charge in [0.2, 0.25) is 0 Å². The van der Waals surface area contributed by atoms with E-state index in [-0.39, 0.29) is 11.6 Å². The maximum atomic E-state index is 11.7. The summed E-state index contributed by atoms with van der Waals surface area (Å²) in [5, 5.41) is 5.05.